The van der Waals surface area contributed by atoms with Crippen LogP contribution in [0.15, 0.2) is 60.8 Å². The molecule has 0 aromatic carbocycles. The third-order valence-corrected chi connectivity index (χ3v) is 19.5. The maximum Gasteiger partial charge on any atom is 0.249 e. The third-order valence-electron chi connectivity index (χ3n) is 19.5. The van der Waals surface area contributed by atoms with Crippen LogP contribution in [0.25, 0.3) is 0 Å². The van der Waals surface area contributed by atoms with Gasteiger partial charge in [0.2, 0.25) is 5.91 Å². The van der Waals surface area contributed by atoms with Crippen LogP contribution < -0.4 is 5.32 Å². The minimum Gasteiger partial charge on any atom is -0.394 e. The number of allylic oxidation sites excluding steroid dienone is 10. The largest absolute Gasteiger partial charge is 0.394 e. The van der Waals surface area contributed by atoms with E-state index in [2.05, 4.69) is 79.9 Å². The van der Waals surface area contributed by atoms with Crippen LogP contribution in [-0.4, -0.2) is 110 Å². The van der Waals surface area contributed by atoms with Gasteiger partial charge in [-0.2, -0.15) is 0 Å². The highest BCUT2D eigenvalue weighted by Crippen LogP contribution is 2.24. The van der Waals surface area contributed by atoms with Crippen LogP contribution in [0.1, 0.15) is 393 Å². The van der Waals surface area contributed by atoms with Crippen LogP contribution >= 0.6 is 0 Å². The molecule has 0 radical (unpaired) electrons. The highest BCUT2D eigenvalue weighted by atomic mass is 16.7. The number of hydrogen-bond acceptors (Lipinski definition) is 10. The van der Waals surface area contributed by atoms with Crippen LogP contribution in [0, 0.1) is 0 Å². The van der Waals surface area contributed by atoms with Crippen LogP contribution in [0.4, 0.5) is 0 Å². The van der Waals surface area contributed by atoms with Crippen molar-refractivity contribution in [2.75, 3.05) is 13.2 Å². The van der Waals surface area contributed by atoms with Gasteiger partial charge in [-0.1, -0.05) is 357 Å². The lowest BCUT2D eigenvalue weighted by molar-refractivity contribution is -0.303. The lowest BCUT2D eigenvalue weighted by Crippen LogP contribution is -2.60. The van der Waals surface area contributed by atoms with Gasteiger partial charge in [0.25, 0.3) is 0 Å². The molecule has 1 amide bonds. The lowest BCUT2D eigenvalue weighted by atomic mass is 9.98. The summed E-state index contributed by atoms with van der Waals surface area (Å²) in [5.41, 5.74) is 0. The third kappa shape index (κ3) is 56.7. The number of rotatable bonds is 72. The highest BCUT2D eigenvalue weighted by Gasteiger charge is 2.44. The number of hydrogen-bond donors (Lipinski definition) is 8. The standard InChI is InChI=1S/C83H155NO10/c1-3-5-7-9-11-13-15-17-19-21-23-25-27-29-31-33-35-36-37-38-39-41-43-45-47-49-51-53-55-57-59-61-63-65-67-69-71-76(87)82(92)84-74(73-93-83-81(91)80(90)79(89)77(72-85)94-83)78(88)75(86)70-68-66-64-62-60-58-56-54-52-50-48-46-44-42-40-34-32-30-28-26-24-22-20-18-16-14-12-10-8-6-4-2/h31,33,36-37,46,48,54,56,62,64,74-81,83,85-91H,3-30,32,34-35,38-45,47,49-53,55,57-61,63,65-73H2,1-2H3,(H,84,92)/b33-31-,37-36-,48-46+,56-54+,64-62+. The van der Waals surface area contributed by atoms with E-state index in [-0.39, 0.29) is 12.8 Å². The van der Waals surface area contributed by atoms with E-state index in [1.807, 2.05) is 0 Å². The van der Waals surface area contributed by atoms with Gasteiger partial charge in [0, 0.05) is 0 Å². The summed E-state index contributed by atoms with van der Waals surface area (Å²) in [5, 5.41) is 76.7. The lowest BCUT2D eigenvalue weighted by Gasteiger charge is -2.40. The van der Waals surface area contributed by atoms with Gasteiger partial charge in [0.05, 0.1) is 25.4 Å². The normalized spacial score (nSPS) is 18.5. The fourth-order valence-corrected chi connectivity index (χ4v) is 13.0. The molecule has 1 rings (SSSR count). The van der Waals surface area contributed by atoms with E-state index < -0.39 is 74.2 Å². The maximum atomic E-state index is 13.3. The first-order valence-corrected chi connectivity index (χ1v) is 40.7. The van der Waals surface area contributed by atoms with Gasteiger partial charge in [0.1, 0.15) is 36.6 Å². The summed E-state index contributed by atoms with van der Waals surface area (Å²) in [6, 6.07) is -1.20. The zero-order valence-corrected chi connectivity index (χ0v) is 61.5. The van der Waals surface area contributed by atoms with E-state index in [0.717, 1.165) is 51.4 Å². The minimum atomic E-state index is -1.68. The molecule has 1 aliphatic rings. The van der Waals surface area contributed by atoms with E-state index in [1.165, 1.54) is 295 Å². The molecule has 552 valence electrons. The molecule has 8 N–H and O–H groups in total. The monoisotopic (exact) mass is 1330 g/mol. The fourth-order valence-electron chi connectivity index (χ4n) is 13.0. The summed E-state index contributed by atoms with van der Waals surface area (Å²) in [7, 11) is 0. The summed E-state index contributed by atoms with van der Waals surface area (Å²) < 4.78 is 11.2. The van der Waals surface area contributed by atoms with Gasteiger partial charge >= 0.3 is 0 Å². The Morgan fingerprint density at radius 3 is 1.01 bits per heavy atom. The molecule has 1 saturated heterocycles. The van der Waals surface area contributed by atoms with Crippen molar-refractivity contribution in [1.29, 1.82) is 0 Å². The molecular weight excluding hydrogens is 1170 g/mol. The Morgan fingerprint density at radius 2 is 0.670 bits per heavy atom. The molecule has 1 fully saturated rings. The molecule has 0 bridgehead atoms. The van der Waals surface area contributed by atoms with Crippen molar-refractivity contribution in [3.63, 3.8) is 0 Å². The van der Waals surface area contributed by atoms with Gasteiger partial charge in [-0.25, -0.2) is 0 Å². The second-order valence-electron chi connectivity index (χ2n) is 28.5. The quantitative estimate of drug-likeness (QED) is 0.0215. The van der Waals surface area contributed by atoms with E-state index >= 15 is 0 Å². The van der Waals surface area contributed by atoms with Gasteiger partial charge in [-0.15, -0.1) is 0 Å². The Kier molecular flexibility index (Phi) is 67.5. The Labute approximate surface area is 580 Å². The molecule has 0 aromatic heterocycles. The Bertz CT molecular complexity index is 1720. The van der Waals surface area contributed by atoms with Crippen LogP contribution in [-0.2, 0) is 14.3 Å². The highest BCUT2D eigenvalue weighted by molar-refractivity contribution is 5.80. The molecule has 0 aromatic rings. The van der Waals surface area contributed by atoms with Crippen molar-refractivity contribution >= 4 is 5.91 Å². The van der Waals surface area contributed by atoms with Gasteiger partial charge in [-0.05, 0) is 96.3 Å². The number of carbonyl (C=O) groups is 1. The maximum absolute atomic E-state index is 13.3. The average Bonchev–Trinajstić information content (AvgIpc) is 0.901. The molecule has 0 aliphatic carbocycles. The van der Waals surface area contributed by atoms with Crippen LogP contribution in [0.2, 0.25) is 0 Å². The zero-order chi connectivity index (χ0) is 68.1. The SMILES string of the molecule is CCCCCCCCCCCCCCC/C=C\C/C=C\CCCCCCCCCCCCCCCCCCC(O)C(=O)NC(COC1OC(CO)C(O)C(O)C1O)C(O)C(O)CCC/C=C/CC/C=C/CC/C=C/CCCCCCCCCCCCCCCCCCCC. The van der Waals surface area contributed by atoms with E-state index in [1.54, 1.807) is 0 Å². The minimum absolute atomic E-state index is 0.241. The van der Waals surface area contributed by atoms with Crippen LogP contribution in [0.3, 0.4) is 0 Å². The van der Waals surface area contributed by atoms with Crippen molar-refractivity contribution in [2.45, 2.75) is 448 Å². The van der Waals surface area contributed by atoms with E-state index in [0.29, 0.717) is 19.3 Å². The zero-order valence-electron chi connectivity index (χ0n) is 61.5. The summed E-state index contributed by atoms with van der Waals surface area (Å²) in [6.07, 6.45) is 84.9. The van der Waals surface area contributed by atoms with E-state index in [4.69, 9.17) is 9.47 Å². The molecule has 1 aliphatic heterocycles. The number of nitrogens with one attached hydrogen (secondary N) is 1. The van der Waals surface area contributed by atoms with Crippen molar-refractivity contribution < 1.29 is 50.0 Å². The predicted molar refractivity (Wildman–Crippen MR) is 399 cm³/mol. The summed E-state index contributed by atoms with van der Waals surface area (Å²) in [4.78, 5) is 13.3. The first kappa shape index (κ1) is 89.8. The van der Waals surface area contributed by atoms with Gasteiger partial charge < -0.3 is 50.5 Å². The molecule has 9 atom stereocenters. The Hall–Kier alpha value is -2.19. The molecule has 1 heterocycles. The number of ether oxygens (including phenoxy) is 2. The number of carbonyl (C=O) groups excluding carboxylic acids is 1. The fraction of sp³-hybridized carbons (Fsp3) is 0.867. The average molecular weight is 1330 g/mol. The number of aliphatic hydroxyl groups excluding tert-OH is 7. The summed E-state index contributed by atoms with van der Waals surface area (Å²) in [6.45, 7) is 3.50. The second-order valence-corrected chi connectivity index (χ2v) is 28.5. The smallest absolute Gasteiger partial charge is 0.249 e. The van der Waals surface area contributed by atoms with E-state index in [9.17, 15) is 40.5 Å². The molecule has 11 nitrogen and oxygen atoms in total. The summed E-state index contributed by atoms with van der Waals surface area (Å²) in [5.74, 6) is -0.708. The first-order chi connectivity index (χ1) is 46.2. The first-order valence-electron chi connectivity index (χ1n) is 40.7. The second kappa shape index (κ2) is 70.7. The molecule has 94 heavy (non-hydrogen) atoms. The number of amides is 1. The molecule has 0 spiro atoms. The Balaban J connectivity index is 2.16. The molecule has 11 heteroatoms. The molecular formula is C83H155NO10. The van der Waals surface area contributed by atoms with Crippen molar-refractivity contribution in [2.24, 2.45) is 0 Å². The van der Waals surface area contributed by atoms with Crippen molar-refractivity contribution in [3.05, 3.63) is 60.8 Å². The van der Waals surface area contributed by atoms with Gasteiger partial charge in [-0.3, -0.25) is 4.79 Å². The van der Waals surface area contributed by atoms with Crippen molar-refractivity contribution in [1.82, 2.24) is 5.32 Å². The van der Waals surface area contributed by atoms with Crippen LogP contribution in [0.5, 0.6) is 0 Å². The summed E-state index contributed by atoms with van der Waals surface area (Å²) >= 11 is 0. The molecule has 0 saturated carbocycles. The number of aliphatic hydroxyl groups is 7. The van der Waals surface area contributed by atoms with Crippen molar-refractivity contribution in [3.8, 4) is 0 Å². The topological polar surface area (TPSA) is 189 Å². The van der Waals surface area contributed by atoms with Gasteiger partial charge in [0.15, 0.2) is 6.29 Å². The number of unbranched alkanes of at least 4 members (excludes halogenated alkanes) is 50. The Morgan fingerprint density at radius 1 is 0.372 bits per heavy atom. The molecule has 9 unspecified atom stereocenters. The predicted octanol–water partition coefficient (Wildman–Crippen LogP) is 21.2.